The molecule has 11 heteroatoms. The lowest BCUT2D eigenvalue weighted by Gasteiger charge is -2.16. The van der Waals surface area contributed by atoms with E-state index in [0.29, 0.717) is 11.2 Å². The van der Waals surface area contributed by atoms with Gasteiger partial charge in [0, 0.05) is 25.2 Å². The maximum absolute atomic E-state index is 12.8. The van der Waals surface area contributed by atoms with Crippen LogP contribution in [0.4, 0.5) is 13.2 Å². The summed E-state index contributed by atoms with van der Waals surface area (Å²) >= 11 is 0. The number of halogens is 4. The number of hydrogen-bond donors (Lipinski definition) is 1. The lowest BCUT2D eigenvalue weighted by atomic mass is 9.89. The van der Waals surface area contributed by atoms with Crippen LogP contribution in [0, 0.1) is 5.92 Å². The Morgan fingerprint density at radius 1 is 1.19 bits per heavy atom. The topological polar surface area (TPSA) is 81.2 Å². The van der Waals surface area contributed by atoms with Crippen molar-refractivity contribution in [2.75, 3.05) is 19.6 Å². The van der Waals surface area contributed by atoms with Gasteiger partial charge < -0.3 is 5.73 Å². The van der Waals surface area contributed by atoms with Gasteiger partial charge >= 0.3 is 6.18 Å². The SMILES string of the molecule is Cl.NC[C@@H]1CN(S(=O)(=O)c2cnn(CC(F)(F)F)c2)C[C@H]1c1ccccc1. The Bertz CT molecular complexity index is 858. The van der Waals surface area contributed by atoms with Gasteiger partial charge in [-0.15, -0.1) is 12.4 Å². The van der Waals surface area contributed by atoms with Gasteiger partial charge in [0.2, 0.25) is 10.0 Å². The van der Waals surface area contributed by atoms with Crippen molar-refractivity contribution in [1.29, 1.82) is 0 Å². The monoisotopic (exact) mass is 424 g/mol. The van der Waals surface area contributed by atoms with Gasteiger partial charge in [0.05, 0.1) is 6.20 Å². The van der Waals surface area contributed by atoms with E-state index < -0.39 is 22.7 Å². The van der Waals surface area contributed by atoms with Crippen LogP contribution in [0.2, 0.25) is 0 Å². The highest BCUT2D eigenvalue weighted by atomic mass is 35.5. The van der Waals surface area contributed by atoms with Crippen molar-refractivity contribution in [3.8, 4) is 0 Å². The summed E-state index contributed by atoms with van der Waals surface area (Å²) in [5, 5.41) is 3.52. The molecule has 3 rings (SSSR count). The van der Waals surface area contributed by atoms with Crippen molar-refractivity contribution >= 4 is 22.4 Å². The third-order valence-electron chi connectivity index (χ3n) is 4.53. The van der Waals surface area contributed by atoms with Gasteiger partial charge in [-0.05, 0) is 18.0 Å². The minimum Gasteiger partial charge on any atom is -0.330 e. The summed E-state index contributed by atoms with van der Waals surface area (Å²) < 4.78 is 64.8. The Morgan fingerprint density at radius 3 is 2.44 bits per heavy atom. The predicted octanol–water partition coefficient (Wildman–Crippen LogP) is 2.23. The highest BCUT2D eigenvalue weighted by Crippen LogP contribution is 2.35. The number of nitrogens with zero attached hydrogens (tertiary/aromatic N) is 3. The zero-order valence-electron chi connectivity index (χ0n) is 14.2. The predicted molar refractivity (Wildman–Crippen MR) is 96.0 cm³/mol. The molecule has 2 atom stereocenters. The first kappa shape index (κ1) is 21.7. The molecule has 2 heterocycles. The van der Waals surface area contributed by atoms with E-state index in [1.165, 1.54) is 4.31 Å². The molecule has 1 aromatic heterocycles. The highest BCUT2D eigenvalue weighted by molar-refractivity contribution is 7.89. The number of nitrogens with two attached hydrogens (primary N) is 1. The molecule has 1 aliphatic heterocycles. The van der Waals surface area contributed by atoms with Crippen molar-refractivity contribution in [2.45, 2.75) is 23.5 Å². The fraction of sp³-hybridized carbons (Fsp3) is 0.438. The second kappa shape index (κ2) is 8.17. The summed E-state index contributed by atoms with van der Waals surface area (Å²) in [5.41, 5.74) is 6.81. The Hall–Kier alpha value is -1.62. The van der Waals surface area contributed by atoms with Crippen LogP contribution < -0.4 is 5.73 Å². The zero-order valence-corrected chi connectivity index (χ0v) is 15.8. The number of hydrogen-bond acceptors (Lipinski definition) is 4. The van der Waals surface area contributed by atoms with Gasteiger partial charge in [0.1, 0.15) is 11.4 Å². The molecule has 1 saturated heterocycles. The van der Waals surface area contributed by atoms with Gasteiger partial charge in [-0.25, -0.2) is 8.42 Å². The van der Waals surface area contributed by atoms with Crippen LogP contribution in [-0.4, -0.2) is 48.3 Å². The normalized spacial score (nSPS) is 21.2. The zero-order chi connectivity index (χ0) is 18.9. The van der Waals surface area contributed by atoms with Crippen LogP contribution in [0.5, 0.6) is 0 Å². The number of sulfonamides is 1. The molecule has 0 amide bonds. The largest absolute Gasteiger partial charge is 0.408 e. The van der Waals surface area contributed by atoms with Crippen molar-refractivity contribution in [3.63, 3.8) is 0 Å². The summed E-state index contributed by atoms with van der Waals surface area (Å²) in [6.45, 7) is -0.555. The Labute approximate surface area is 161 Å². The lowest BCUT2D eigenvalue weighted by Crippen LogP contribution is -2.29. The average molecular weight is 425 g/mol. The Kier molecular flexibility index (Phi) is 6.56. The summed E-state index contributed by atoms with van der Waals surface area (Å²) in [6, 6.07) is 9.47. The van der Waals surface area contributed by atoms with E-state index in [2.05, 4.69) is 5.10 Å². The molecule has 0 saturated carbocycles. The van der Waals surface area contributed by atoms with Gasteiger partial charge in [0.15, 0.2) is 0 Å². The number of benzene rings is 1. The van der Waals surface area contributed by atoms with Crippen LogP contribution in [-0.2, 0) is 16.6 Å². The van der Waals surface area contributed by atoms with Gasteiger partial charge in [0.25, 0.3) is 0 Å². The molecular formula is C16H20ClF3N4O2S. The van der Waals surface area contributed by atoms with Gasteiger partial charge in [-0.2, -0.15) is 22.6 Å². The minimum absolute atomic E-state index is 0. The minimum atomic E-state index is -4.47. The first-order chi connectivity index (χ1) is 12.2. The van der Waals surface area contributed by atoms with Crippen LogP contribution in [0.1, 0.15) is 11.5 Å². The van der Waals surface area contributed by atoms with Crippen molar-refractivity contribution in [1.82, 2.24) is 14.1 Å². The molecule has 27 heavy (non-hydrogen) atoms. The molecule has 0 aliphatic carbocycles. The van der Waals surface area contributed by atoms with Gasteiger partial charge in [-0.1, -0.05) is 30.3 Å². The molecule has 0 unspecified atom stereocenters. The fourth-order valence-electron chi connectivity index (χ4n) is 3.24. The second-order valence-electron chi connectivity index (χ2n) is 6.32. The van der Waals surface area contributed by atoms with E-state index in [9.17, 15) is 21.6 Å². The summed E-state index contributed by atoms with van der Waals surface area (Å²) in [4.78, 5) is -0.244. The molecule has 2 aromatic rings. The van der Waals surface area contributed by atoms with Crippen LogP contribution in [0.3, 0.4) is 0 Å². The molecule has 0 spiro atoms. The number of alkyl halides is 3. The molecule has 0 radical (unpaired) electrons. The first-order valence-electron chi connectivity index (χ1n) is 8.05. The highest BCUT2D eigenvalue weighted by Gasteiger charge is 2.40. The smallest absolute Gasteiger partial charge is 0.330 e. The Morgan fingerprint density at radius 2 is 1.85 bits per heavy atom. The van der Waals surface area contributed by atoms with Crippen molar-refractivity contribution in [2.24, 2.45) is 11.7 Å². The number of aromatic nitrogens is 2. The third-order valence-corrected chi connectivity index (χ3v) is 6.31. The van der Waals surface area contributed by atoms with Gasteiger partial charge in [-0.3, -0.25) is 4.68 Å². The maximum atomic E-state index is 12.8. The maximum Gasteiger partial charge on any atom is 0.408 e. The number of rotatable bonds is 5. The standard InChI is InChI=1S/C16H19F3N4O2S.ClH/c17-16(18,19)11-22-9-14(7-21-22)26(24,25)23-8-13(6-20)15(10-23)12-4-2-1-3-5-12;/h1-5,7,9,13,15H,6,8,10-11,20H2;1H/t13-,15+;/m1./s1. The molecule has 1 aromatic carbocycles. The van der Waals surface area contributed by atoms with Crippen LogP contribution >= 0.6 is 12.4 Å². The third kappa shape index (κ3) is 4.81. The second-order valence-corrected chi connectivity index (χ2v) is 8.26. The van der Waals surface area contributed by atoms with E-state index >= 15 is 0 Å². The molecule has 1 fully saturated rings. The molecule has 2 N–H and O–H groups in total. The van der Waals surface area contributed by atoms with Crippen molar-refractivity contribution < 1.29 is 21.6 Å². The van der Waals surface area contributed by atoms with E-state index in [-0.39, 0.29) is 42.2 Å². The Balaban J connectivity index is 0.00000261. The van der Waals surface area contributed by atoms with E-state index in [1.807, 2.05) is 30.3 Å². The first-order valence-corrected chi connectivity index (χ1v) is 9.49. The van der Waals surface area contributed by atoms with E-state index in [4.69, 9.17) is 5.73 Å². The average Bonchev–Trinajstić information content (AvgIpc) is 3.21. The molecular weight excluding hydrogens is 405 g/mol. The molecule has 1 aliphatic rings. The van der Waals surface area contributed by atoms with Crippen molar-refractivity contribution in [3.05, 3.63) is 48.3 Å². The molecule has 0 bridgehead atoms. The van der Waals surface area contributed by atoms with Crippen LogP contribution in [0.25, 0.3) is 0 Å². The lowest BCUT2D eigenvalue weighted by molar-refractivity contribution is -0.142. The molecule has 6 nitrogen and oxygen atoms in total. The summed E-state index contributed by atoms with van der Waals surface area (Å²) in [5.74, 6) is -0.112. The molecule has 150 valence electrons. The summed E-state index contributed by atoms with van der Waals surface area (Å²) in [6.07, 6.45) is -2.60. The fourth-order valence-corrected chi connectivity index (χ4v) is 4.72. The quantitative estimate of drug-likeness (QED) is 0.798. The van der Waals surface area contributed by atoms with Crippen LogP contribution in [0.15, 0.2) is 47.6 Å². The van der Waals surface area contributed by atoms with E-state index in [0.717, 1.165) is 18.0 Å². The van der Waals surface area contributed by atoms with E-state index in [1.54, 1.807) is 0 Å². The summed E-state index contributed by atoms with van der Waals surface area (Å²) in [7, 11) is -3.93.